The Morgan fingerprint density at radius 2 is 1.94 bits per heavy atom. The van der Waals surface area contributed by atoms with Crippen LogP contribution >= 0.6 is 0 Å². The Balaban J connectivity index is 2.07. The standard InChI is InChI=1S/C26H30O6/c1-14(2)6-7-16(15(3)4)10-19-20(28)12-21(29)25-22(30)13-24(32-26(19)25)18-9-8-17(27)11-23(18)31-5/h6,8-9,11-12,16,24,27-29H,3,7,10,13H2,1-2,4-5H3/t16-,24-/m1/s1. The van der Waals surface area contributed by atoms with Crippen LogP contribution in [0.3, 0.4) is 0 Å². The van der Waals surface area contributed by atoms with E-state index in [1.165, 1.54) is 30.9 Å². The predicted octanol–water partition coefficient (Wildman–Crippen LogP) is 5.61. The number of ether oxygens (including phenoxy) is 2. The van der Waals surface area contributed by atoms with Crippen molar-refractivity contribution in [1.82, 2.24) is 0 Å². The maximum atomic E-state index is 13.0. The van der Waals surface area contributed by atoms with Crippen molar-refractivity contribution >= 4 is 5.78 Å². The monoisotopic (exact) mass is 438 g/mol. The summed E-state index contributed by atoms with van der Waals surface area (Å²) in [5, 5.41) is 30.8. The molecule has 0 saturated carbocycles. The highest BCUT2D eigenvalue weighted by molar-refractivity contribution is 6.03. The first-order valence-corrected chi connectivity index (χ1v) is 10.6. The molecule has 3 rings (SSSR count). The number of phenols is 3. The molecule has 0 saturated heterocycles. The predicted molar refractivity (Wildman–Crippen MR) is 123 cm³/mol. The molecule has 0 unspecified atom stereocenters. The van der Waals surface area contributed by atoms with Crippen LogP contribution in [-0.4, -0.2) is 28.2 Å². The fraction of sp³-hybridized carbons (Fsp3) is 0.346. The van der Waals surface area contributed by atoms with Crippen LogP contribution in [0, 0.1) is 5.92 Å². The van der Waals surface area contributed by atoms with Crippen molar-refractivity contribution in [3.63, 3.8) is 0 Å². The second kappa shape index (κ2) is 9.39. The molecule has 2 aromatic carbocycles. The molecule has 2 aromatic rings. The average molecular weight is 439 g/mol. The Hall–Kier alpha value is -3.41. The van der Waals surface area contributed by atoms with Gasteiger partial charge in [0.15, 0.2) is 5.78 Å². The Kier molecular flexibility index (Phi) is 6.82. The maximum absolute atomic E-state index is 13.0. The van der Waals surface area contributed by atoms with Gasteiger partial charge in [0.1, 0.15) is 40.4 Å². The van der Waals surface area contributed by atoms with Gasteiger partial charge in [-0.2, -0.15) is 0 Å². The van der Waals surface area contributed by atoms with Gasteiger partial charge >= 0.3 is 0 Å². The number of fused-ring (bicyclic) bond motifs is 1. The van der Waals surface area contributed by atoms with Gasteiger partial charge < -0.3 is 24.8 Å². The lowest BCUT2D eigenvalue weighted by atomic mass is 9.86. The second-order valence-corrected chi connectivity index (χ2v) is 8.52. The Morgan fingerprint density at radius 3 is 2.56 bits per heavy atom. The lowest BCUT2D eigenvalue weighted by molar-refractivity contribution is 0.0838. The Morgan fingerprint density at radius 1 is 1.22 bits per heavy atom. The maximum Gasteiger partial charge on any atom is 0.174 e. The van der Waals surface area contributed by atoms with Crippen LogP contribution in [0.25, 0.3) is 0 Å². The summed E-state index contributed by atoms with van der Waals surface area (Å²) in [6, 6.07) is 5.80. The number of carbonyl (C=O) groups excluding carboxylic acids is 1. The molecular weight excluding hydrogens is 408 g/mol. The molecule has 6 heteroatoms. The van der Waals surface area contributed by atoms with Gasteiger partial charge in [-0.15, -0.1) is 0 Å². The van der Waals surface area contributed by atoms with Crippen molar-refractivity contribution in [3.05, 3.63) is 64.8 Å². The lowest BCUT2D eigenvalue weighted by Crippen LogP contribution is -2.23. The molecule has 3 N–H and O–H groups in total. The quantitative estimate of drug-likeness (QED) is 0.486. The molecule has 1 heterocycles. The average Bonchev–Trinajstić information content (AvgIpc) is 2.71. The van der Waals surface area contributed by atoms with E-state index in [9.17, 15) is 20.1 Å². The largest absolute Gasteiger partial charge is 0.508 e. The third-order valence-corrected chi connectivity index (χ3v) is 5.77. The molecular formula is C26H30O6. The number of rotatable bonds is 7. The van der Waals surface area contributed by atoms with Crippen molar-refractivity contribution in [2.75, 3.05) is 7.11 Å². The number of hydrogen-bond donors (Lipinski definition) is 3. The summed E-state index contributed by atoms with van der Waals surface area (Å²) in [6.45, 7) is 10.1. The highest BCUT2D eigenvalue weighted by atomic mass is 16.5. The van der Waals surface area contributed by atoms with Gasteiger partial charge in [0.25, 0.3) is 0 Å². The second-order valence-electron chi connectivity index (χ2n) is 8.52. The fourth-order valence-electron chi connectivity index (χ4n) is 3.95. The molecule has 32 heavy (non-hydrogen) atoms. The normalized spacial score (nSPS) is 16.0. The number of allylic oxidation sites excluding steroid dienone is 3. The van der Waals surface area contributed by atoms with Crippen molar-refractivity contribution < 1.29 is 29.6 Å². The fourth-order valence-corrected chi connectivity index (χ4v) is 3.95. The van der Waals surface area contributed by atoms with Crippen molar-refractivity contribution in [3.8, 4) is 28.7 Å². The topological polar surface area (TPSA) is 96.2 Å². The first-order valence-electron chi connectivity index (χ1n) is 10.6. The van der Waals surface area contributed by atoms with Gasteiger partial charge in [-0.05, 0) is 51.7 Å². The number of Topliss-reactive ketones (excluding diaryl/α,β-unsaturated/α-hetero) is 1. The van der Waals surface area contributed by atoms with E-state index < -0.39 is 6.10 Å². The summed E-state index contributed by atoms with van der Waals surface area (Å²) in [5.41, 5.74) is 3.26. The number of phenolic OH excluding ortho intramolecular Hbond substituents is 3. The van der Waals surface area contributed by atoms with Gasteiger partial charge in [0.05, 0.1) is 13.5 Å². The third-order valence-electron chi connectivity index (χ3n) is 5.77. The number of aromatic hydroxyl groups is 3. The van der Waals surface area contributed by atoms with Gasteiger partial charge in [-0.1, -0.05) is 23.8 Å². The zero-order valence-electron chi connectivity index (χ0n) is 18.9. The van der Waals surface area contributed by atoms with E-state index in [4.69, 9.17) is 9.47 Å². The highest BCUT2D eigenvalue weighted by Crippen LogP contribution is 2.47. The highest BCUT2D eigenvalue weighted by Gasteiger charge is 2.35. The first-order chi connectivity index (χ1) is 15.1. The molecule has 1 aliphatic heterocycles. The van der Waals surface area contributed by atoms with Crippen LogP contribution in [0.1, 0.15) is 61.2 Å². The molecule has 6 nitrogen and oxygen atoms in total. The third kappa shape index (κ3) is 4.74. The molecule has 0 spiro atoms. The van der Waals surface area contributed by atoms with Crippen LogP contribution < -0.4 is 9.47 Å². The summed E-state index contributed by atoms with van der Waals surface area (Å²) in [6.07, 6.45) is 2.55. The molecule has 0 aromatic heterocycles. The van der Waals surface area contributed by atoms with E-state index in [0.717, 1.165) is 12.0 Å². The van der Waals surface area contributed by atoms with E-state index in [0.29, 0.717) is 23.3 Å². The lowest BCUT2D eigenvalue weighted by Gasteiger charge is -2.30. The summed E-state index contributed by atoms with van der Waals surface area (Å²) in [5.74, 6) is -0.0991. The molecule has 0 aliphatic carbocycles. The van der Waals surface area contributed by atoms with E-state index in [1.54, 1.807) is 6.07 Å². The summed E-state index contributed by atoms with van der Waals surface area (Å²) < 4.78 is 11.6. The van der Waals surface area contributed by atoms with Crippen molar-refractivity contribution in [1.29, 1.82) is 0 Å². The van der Waals surface area contributed by atoms with E-state index >= 15 is 0 Å². The zero-order chi connectivity index (χ0) is 23.6. The van der Waals surface area contributed by atoms with Crippen LogP contribution in [0.5, 0.6) is 28.7 Å². The summed E-state index contributed by atoms with van der Waals surface area (Å²) >= 11 is 0. The number of hydrogen-bond acceptors (Lipinski definition) is 6. The van der Waals surface area contributed by atoms with Gasteiger partial charge in [0, 0.05) is 23.3 Å². The summed E-state index contributed by atoms with van der Waals surface area (Å²) in [7, 11) is 1.47. The number of benzene rings is 2. The van der Waals surface area contributed by atoms with Gasteiger partial charge in [0.2, 0.25) is 0 Å². The Labute approximate surface area is 188 Å². The minimum Gasteiger partial charge on any atom is -0.508 e. The van der Waals surface area contributed by atoms with Gasteiger partial charge in [-0.25, -0.2) is 0 Å². The van der Waals surface area contributed by atoms with Crippen LogP contribution in [0.2, 0.25) is 0 Å². The number of ketones is 1. The smallest absolute Gasteiger partial charge is 0.174 e. The van der Waals surface area contributed by atoms with E-state index in [-0.39, 0.29) is 46.7 Å². The molecule has 170 valence electrons. The first kappa shape index (κ1) is 23.3. The van der Waals surface area contributed by atoms with Crippen molar-refractivity contribution in [2.45, 2.75) is 46.1 Å². The molecule has 0 bridgehead atoms. The minimum atomic E-state index is -0.688. The van der Waals surface area contributed by atoms with Crippen LogP contribution in [0.15, 0.2) is 48.1 Å². The van der Waals surface area contributed by atoms with Crippen LogP contribution in [0.4, 0.5) is 0 Å². The van der Waals surface area contributed by atoms with E-state index in [1.807, 2.05) is 20.8 Å². The Bertz CT molecular complexity index is 1080. The molecule has 0 amide bonds. The summed E-state index contributed by atoms with van der Waals surface area (Å²) in [4.78, 5) is 13.0. The molecule has 0 radical (unpaired) electrons. The zero-order valence-corrected chi connectivity index (χ0v) is 18.9. The van der Waals surface area contributed by atoms with Crippen LogP contribution in [-0.2, 0) is 6.42 Å². The molecule has 2 atom stereocenters. The number of carbonyl (C=O) groups is 1. The number of methoxy groups -OCH3 is 1. The minimum absolute atomic E-state index is 0.00636. The molecule has 0 fully saturated rings. The van der Waals surface area contributed by atoms with E-state index in [2.05, 4.69) is 12.7 Å². The molecule has 1 aliphatic rings. The van der Waals surface area contributed by atoms with Gasteiger partial charge in [-0.3, -0.25) is 4.79 Å². The van der Waals surface area contributed by atoms with Crippen molar-refractivity contribution in [2.24, 2.45) is 5.92 Å². The SMILES string of the molecule is C=C(C)[C@H](CC=C(C)C)Cc1c(O)cc(O)c2c1O[C@@H](c1ccc(O)cc1OC)CC2=O.